The van der Waals surface area contributed by atoms with Gasteiger partial charge >= 0.3 is 0 Å². The number of carbonyl (C=O) groups is 1. The molecule has 1 atom stereocenters. The number of carbonyl (C=O) groups excluding carboxylic acids is 1. The lowest BCUT2D eigenvalue weighted by Crippen LogP contribution is -2.45. The zero-order valence-corrected chi connectivity index (χ0v) is 12.9. The first kappa shape index (κ1) is 13.7. The Hall–Kier alpha value is -1.24. The zero-order chi connectivity index (χ0) is 13.9. The molecule has 0 saturated carbocycles. The number of thiazole rings is 1. The van der Waals surface area contributed by atoms with Crippen LogP contribution in [-0.2, 0) is 16.0 Å². The van der Waals surface area contributed by atoms with E-state index in [-0.39, 0.29) is 12.0 Å². The number of aromatic nitrogens is 1. The number of rotatable bonds is 3. The first-order valence-electron chi connectivity index (χ1n) is 6.60. The maximum Gasteiger partial charge on any atom is 0.228 e. The van der Waals surface area contributed by atoms with E-state index in [0.29, 0.717) is 26.1 Å². The van der Waals surface area contributed by atoms with Crippen molar-refractivity contribution in [2.24, 2.45) is 0 Å². The molecule has 3 heterocycles. The third kappa shape index (κ3) is 3.08. The van der Waals surface area contributed by atoms with Gasteiger partial charge in [-0.3, -0.25) is 4.79 Å². The molecule has 0 radical (unpaired) electrons. The fourth-order valence-corrected chi connectivity index (χ4v) is 3.85. The summed E-state index contributed by atoms with van der Waals surface area (Å²) in [4.78, 5) is 19.8. The Morgan fingerprint density at radius 3 is 3.20 bits per heavy atom. The van der Waals surface area contributed by atoms with Crippen molar-refractivity contribution in [2.75, 3.05) is 19.7 Å². The second-order valence-corrected chi connectivity index (χ2v) is 6.63. The van der Waals surface area contributed by atoms with Crippen LogP contribution >= 0.6 is 22.7 Å². The smallest absolute Gasteiger partial charge is 0.228 e. The minimum atomic E-state index is 0.129. The van der Waals surface area contributed by atoms with Gasteiger partial charge in [-0.05, 0) is 18.4 Å². The molecule has 3 rings (SSSR count). The molecule has 0 aliphatic carbocycles. The molecule has 1 saturated heterocycles. The third-order valence-electron chi connectivity index (χ3n) is 3.21. The number of amides is 1. The average molecular weight is 308 g/mol. The van der Waals surface area contributed by atoms with Crippen LogP contribution in [0, 0.1) is 0 Å². The van der Waals surface area contributed by atoms with Gasteiger partial charge in [0.15, 0.2) is 0 Å². The summed E-state index contributed by atoms with van der Waals surface area (Å²) in [6.45, 7) is 3.99. The Labute approximate surface area is 126 Å². The topological polar surface area (TPSA) is 42.4 Å². The molecular formula is C14H16N2O2S2. The lowest BCUT2D eigenvalue weighted by molar-refractivity contribution is -0.137. The van der Waals surface area contributed by atoms with Gasteiger partial charge in [-0.1, -0.05) is 6.07 Å². The van der Waals surface area contributed by atoms with Gasteiger partial charge in [0.25, 0.3) is 0 Å². The molecule has 20 heavy (non-hydrogen) atoms. The van der Waals surface area contributed by atoms with Crippen molar-refractivity contribution >= 4 is 28.6 Å². The van der Waals surface area contributed by atoms with E-state index in [1.807, 2.05) is 28.7 Å². The maximum atomic E-state index is 12.2. The van der Waals surface area contributed by atoms with E-state index in [1.54, 1.807) is 22.7 Å². The van der Waals surface area contributed by atoms with Crippen LogP contribution in [0.5, 0.6) is 0 Å². The predicted molar refractivity (Wildman–Crippen MR) is 81.1 cm³/mol. The molecule has 1 unspecified atom stereocenters. The Bertz CT molecular complexity index is 580. The molecule has 0 bridgehead atoms. The lowest BCUT2D eigenvalue weighted by Gasteiger charge is -2.31. The van der Waals surface area contributed by atoms with Crippen LogP contribution in [0.25, 0.3) is 9.88 Å². The average Bonchev–Trinajstić information content (AvgIpc) is 3.08. The Morgan fingerprint density at radius 2 is 2.45 bits per heavy atom. The summed E-state index contributed by atoms with van der Waals surface area (Å²) in [6.07, 6.45) is 0.513. The van der Waals surface area contributed by atoms with E-state index in [2.05, 4.69) is 11.1 Å². The summed E-state index contributed by atoms with van der Waals surface area (Å²) in [6, 6.07) is 4.07. The van der Waals surface area contributed by atoms with Crippen molar-refractivity contribution in [1.29, 1.82) is 0 Å². The molecule has 1 amide bonds. The van der Waals surface area contributed by atoms with Gasteiger partial charge in [0.1, 0.15) is 5.01 Å². The highest BCUT2D eigenvalue weighted by atomic mass is 32.1. The van der Waals surface area contributed by atoms with Crippen LogP contribution in [0.4, 0.5) is 0 Å². The second kappa shape index (κ2) is 6.03. The summed E-state index contributed by atoms with van der Waals surface area (Å²) in [7, 11) is 0. The van der Waals surface area contributed by atoms with Crippen LogP contribution in [-0.4, -0.2) is 41.6 Å². The van der Waals surface area contributed by atoms with E-state index in [9.17, 15) is 4.79 Å². The van der Waals surface area contributed by atoms with Gasteiger partial charge in [-0.25, -0.2) is 4.98 Å². The summed E-state index contributed by atoms with van der Waals surface area (Å²) in [5.74, 6) is 0.142. The van der Waals surface area contributed by atoms with Crippen molar-refractivity contribution in [3.05, 3.63) is 28.6 Å². The minimum Gasteiger partial charge on any atom is -0.375 e. The summed E-state index contributed by atoms with van der Waals surface area (Å²) >= 11 is 3.27. The summed E-state index contributed by atoms with van der Waals surface area (Å²) < 4.78 is 5.46. The highest BCUT2D eigenvalue weighted by molar-refractivity contribution is 7.20. The fourth-order valence-electron chi connectivity index (χ4n) is 2.21. The van der Waals surface area contributed by atoms with E-state index in [4.69, 9.17) is 4.74 Å². The van der Waals surface area contributed by atoms with Crippen LogP contribution in [0.15, 0.2) is 22.9 Å². The van der Waals surface area contributed by atoms with Gasteiger partial charge in [-0.2, -0.15) is 0 Å². The largest absolute Gasteiger partial charge is 0.375 e. The van der Waals surface area contributed by atoms with Crippen LogP contribution in [0.3, 0.4) is 0 Å². The number of hydrogen-bond acceptors (Lipinski definition) is 5. The molecule has 1 aliphatic heterocycles. The van der Waals surface area contributed by atoms with E-state index >= 15 is 0 Å². The fraction of sp³-hybridized carbons (Fsp3) is 0.429. The lowest BCUT2D eigenvalue weighted by atomic mass is 10.2. The molecule has 106 valence electrons. The molecule has 0 N–H and O–H groups in total. The molecule has 0 spiro atoms. The number of thiophene rings is 1. The van der Waals surface area contributed by atoms with Crippen molar-refractivity contribution in [3.63, 3.8) is 0 Å². The zero-order valence-electron chi connectivity index (χ0n) is 11.2. The normalized spacial score (nSPS) is 19.2. The molecule has 1 aliphatic rings. The predicted octanol–water partition coefficient (Wildman–Crippen LogP) is 2.66. The first-order valence-corrected chi connectivity index (χ1v) is 8.36. The van der Waals surface area contributed by atoms with Crippen molar-refractivity contribution in [3.8, 4) is 9.88 Å². The monoisotopic (exact) mass is 308 g/mol. The van der Waals surface area contributed by atoms with Gasteiger partial charge in [0, 0.05) is 18.5 Å². The number of morpholine rings is 1. The van der Waals surface area contributed by atoms with Crippen molar-refractivity contribution in [2.45, 2.75) is 19.4 Å². The SMILES string of the molecule is CC1CN(C(=O)Cc2csc(-c3cccs3)n2)CCO1. The Morgan fingerprint density at radius 1 is 1.55 bits per heavy atom. The molecule has 4 nitrogen and oxygen atoms in total. The molecule has 6 heteroatoms. The van der Waals surface area contributed by atoms with E-state index in [1.165, 1.54) is 0 Å². The summed E-state index contributed by atoms with van der Waals surface area (Å²) in [5, 5.41) is 5.02. The number of nitrogens with zero attached hydrogens (tertiary/aromatic N) is 2. The Kier molecular flexibility index (Phi) is 4.14. The Balaban J connectivity index is 1.64. The van der Waals surface area contributed by atoms with E-state index in [0.717, 1.165) is 15.6 Å². The number of hydrogen-bond donors (Lipinski definition) is 0. The van der Waals surface area contributed by atoms with Crippen LogP contribution in [0.2, 0.25) is 0 Å². The first-order chi connectivity index (χ1) is 9.72. The van der Waals surface area contributed by atoms with Gasteiger partial charge in [-0.15, -0.1) is 22.7 Å². The van der Waals surface area contributed by atoms with Crippen molar-refractivity contribution in [1.82, 2.24) is 9.88 Å². The third-order valence-corrected chi connectivity index (χ3v) is 5.14. The second-order valence-electron chi connectivity index (χ2n) is 4.82. The molecule has 2 aromatic heterocycles. The molecule has 1 fully saturated rings. The van der Waals surface area contributed by atoms with Gasteiger partial charge < -0.3 is 9.64 Å². The highest BCUT2D eigenvalue weighted by Crippen LogP contribution is 2.28. The van der Waals surface area contributed by atoms with Gasteiger partial charge in [0.2, 0.25) is 5.91 Å². The highest BCUT2D eigenvalue weighted by Gasteiger charge is 2.22. The molecule has 2 aromatic rings. The summed E-state index contributed by atoms with van der Waals surface area (Å²) in [5.41, 5.74) is 0.863. The molecular weight excluding hydrogens is 292 g/mol. The van der Waals surface area contributed by atoms with Gasteiger partial charge in [0.05, 0.1) is 29.7 Å². The molecule has 0 aromatic carbocycles. The quantitative estimate of drug-likeness (QED) is 0.875. The minimum absolute atomic E-state index is 0.129. The van der Waals surface area contributed by atoms with E-state index < -0.39 is 0 Å². The standard InChI is InChI=1S/C14H16N2O2S2/c1-10-8-16(4-5-18-10)13(17)7-11-9-20-14(15-11)12-3-2-6-19-12/h2-3,6,9-10H,4-5,7-8H2,1H3. The maximum absolute atomic E-state index is 12.2. The number of ether oxygens (including phenoxy) is 1. The van der Waals surface area contributed by atoms with Crippen LogP contribution in [0.1, 0.15) is 12.6 Å². The van der Waals surface area contributed by atoms with Crippen molar-refractivity contribution < 1.29 is 9.53 Å². The van der Waals surface area contributed by atoms with Crippen LogP contribution < -0.4 is 0 Å².